The molecule has 3 unspecified atom stereocenters. The van der Waals surface area contributed by atoms with Gasteiger partial charge in [0.15, 0.2) is 0 Å². The second-order valence-corrected chi connectivity index (χ2v) is 5.29. The molecule has 0 aliphatic rings. The van der Waals surface area contributed by atoms with E-state index in [1.165, 1.54) is 6.07 Å². The number of hydrogen-bond donors (Lipinski definition) is 1. The van der Waals surface area contributed by atoms with Gasteiger partial charge in [-0.05, 0) is 31.9 Å². The predicted octanol–water partition coefficient (Wildman–Crippen LogP) is 3.62. The van der Waals surface area contributed by atoms with Crippen molar-refractivity contribution in [3.63, 3.8) is 0 Å². The van der Waals surface area contributed by atoms with Gasteiger partial charge in [0.1, 0.15) is 5.82 Å². The Morgan fingerprint density at radius 3 is 2.37 bits per heavy atom. The average Bonchev–Trinajstić information content (AvgIpc) is 2.43. The molecular formula is C16H26FNO. The first-order chi connectivity index (χ1) is 9.01. The van der Waals surface area contributed by atoms with Crippen molar-refractivity contribution in [3.05, 3.63) is 35.6 Å². The van der Waals surface area contributed by atoms with Crippen LogP contribution in [0.1, 0.15) is 45.8 Å². The van der Waals surface area contributed by atoms with Crippen molar-refractivity contribution in [2.75, 3.05) is 13.1 Å². The highest BCUT2D eigenvalue weighted by atomic mass is 19.1. The average molecular weight is 267 g/mol. The lowest BCUT2D eigenvalue weighted by Crippen LogP contribution is -2.37. The molecule has 0 spiro atoms. The van der Waals surface area contributed by atoms with E-state index in [0.29, 0.717) is 11.6 Å². The summed E-state index contributed by atoms with van der Waals surface area (Å²) < 4.78 is 13.7. The molecule has 0 aliphatic heterocycles. The number of halogens is 1. The molecule has 0 heterocycles. The molecule has 3 heteroatoms. The molecule has 0 saturated heterocycles. The third-order valence-electron chi connectivity index (χ3n) is 3.91. The van der Waals surface area contributed by atoms with Gasteiger partial charge in [0.2, 0.25) is 0 Å². The summed E-state index contributed by atoms with van der Waals surface area (Å²) in [6.45, 7) is 10.2. The van der Waals surface area contributed by atoms with E-state index in [0.717, 1.165) is 19.5 Å². The van der Waals surface area contributed by atoms with Crippen molar-refractivity contribution in [3.8, 4) is 0 Å². The van der Waals surface area contributed by atoms with Gasteiger partial charge in [0.25, 0.3) is 0 Å². The second-order valence-electron chi connectivity index (χ2n) is 5.29. The maximum absolute atomic E-state index is 13.7. The van der Waals surface area contributed by atoms with Crippen molar-refractivity contribution >= 4 is 0 Å². The summed E-state index contributed by atoms with van der Waals surface area (Å²) in [5.41, 5.74) is 0.398. The first-order valence-corrected chi connectivity index (χ1v) is 7.17. The Bertz CT molecular complexity index is 383. The van der Waals surface area contributed by atoms with Gasteiger partial charge in [-0.2, -0.15) is 0 Å². The largest absolute Gasteiger partial charge is 0.388 e. The molecule has 0 fully saturated rings. The monoisotopic (exact) mass is 267 g/mol. The SMILES string of the molecule is CCC(C)N(CC)CC(C)C(O)c1ccccc1F. The smallest absolute Gasteiger partial charge is 0.129 e. The fourth-order valence-corrected chi connectivity index (χ4v) is 2.37. The van der Waals surface area contributed by atoms with Crippen LogP contribution in [0.4, 0.5) is 4.39 Å². The van der Waals surface area contributed by atoms with Gasteiger partial charge in [-0.1, -0.05) is 39.0 Å². The van der Waals surface area contributed by atoms with Crippen molar-refractivity contribution in [1.82, 2.24) is 4.90 Å². The van der Waals surface area contributed by atoms with Crippen molar-refractivity contribution in [2.45, 2.75) is 46.3 Å². The quantitative estimate of drug-likeness (QED) is 0.815. The van der Waals surface area contributed by atoms with Gasteiger partial charge in [-0.3, -0.25) is 0 Å². The fraction of sp³-hybridized carbons (Fsp3) is 0.625. The van der Waals surface area contributed by atoms with Gasteiger partial charge in [0, 0.05) is 18.2 Å². The molecule has 1 rings (SSSR count). The number of hydrogen-bond acceptors (Lipinski definition) is 2. The first-order valence-electron chi connectivity index (χ1n) is 7.17. The lowest BCUT2D eigenvalue weighted by Gasteiger charge is -2.31. The van der Waals surface area contributed by atoms with Crippen LogP contribution in [0.2, 0.25) is 0 Å². The molecule has 1 aromatic carbocycles. The normalized spacial score (nSPS) is 16.4. The summed E-state index contributed by atoms with van der Waals surface area (Å²) in [7, 11) is 0. The van der Waals surface area contributed by atoms with E-state index in [-0.39, 0.29) is 11.7 Å². The molecule has 19 heavy (non-hydrogen) atoms. The van der Waals surface area contributed by atoms with E-state index >= 15 is 0 Å². The molecule has 1 N–H and O–H groups in total. The zero-order chi connectivity index (χ0) is 14.4. The molecule has 2 nitrogen and oxygen atoms in total. The topological polar surface area (TPSA) is 23.5 Å². The molecular weight excluding hydrogens is 241 g/mol. The van der Waals surface area contributed by atoms with Crippen LogP contribution in [-0.4, -0.2) is 29.1 Å². The minimum Gasteiger partial charge on any atom is -0.388 e. The summed E-state index contributed by atoms with van der Waals surface area (Å²) >= 11 is 0. The van der Waals surface area contributed by atoms with Crippen LogP contribution < -0.4 is 0 Å². The van der Waals surface area contributed by atoms with E-state index in [4.69, 9.17) is 0 Å². The van der Waals surface area contributed by atoms with Crippen LogP contribution in [0.3, 0.4) is 0 Å². The highest BCUT2D eigenvalue weighted by Gasteiger charge is 2.22. The molecule has 3 atom stereocenters. The van der Waals surface area contributed by atoms with Crippen molar-refractivity contribution in [2.24, 2.45) is 5.92 Å². The van der Waals surface area contributed by atoms with Gasteiger partial charge >= 0.3 is 0 Å². The molecule has 0 aliphatic carbocycles. The lowest BCUT2D eigenvalue weighted by molar-refractivity contribution is 0.0747. The maximum Gasteiger partial charge on any atom is 0.129 e. The van der Waals surface area contributed by atoms with E-state index in [2.05, 4.69) is 25.7 Å². The molecule has 0 saturated carbocycles. The van der Waals surface area contributed by atoms with Crippen LogP contribution in [0.5, 0.6) is 0 Å². The van der Waals surface area contributed by atoms with Crippen LogP contribution in [0, 0.1) is 11.7 Å². The highest BCUT2D eigenvalue weighted by Crippen LogP contribution is 2.25. The number of aliphatic hydroxyl groups excluding tert-OH is 1. The Hall–Kier alpha value is -0.930. The Kier molecular flexibility index (Phi) is 6.46. The summed E-state index contributed by atoms with van der Waals surface area (Å²) in [5.74, 6) is -0.320. The van der Waals surface area contributed by atoms with Crippen LogP contribution in [0.25, 0.3) is 0 Å². The Morgan fingerprint density at radius 1 is 1.21 bits per heavy atom. The third kappa shape index (κ3) is 4.29. The predicted molar refractivity (Wildman–Crippen MR) is 77.5 cm³/mol. The molecule has 0 amide bonds. The second kappa shape index (κ2) is 7.61. The fourth-order valence-electron chi connectivity index (χ4n) is 2.37. The summed E-state index contributed by atoms with van der Waals surface area (Å²) in [4.78, 5) is 2.33. The Labute approximate surface area is 116 Å². The summed E-state index contributed by atoms with van der Waals surface area (Å²) in [6, 6.07) is 6.96. The number of benzene rings is 1. The van der Waals surface area contributed by atoms with E-state index in [1.807, 2.05) is 6.92 Å². The van der Waals surface area contributed by atoms with Gasteiger partial charge in [-0.25, -0.2) is 4.39 Å². The van der Waals surface area contributed by atoms with Crippen LogP contribution in [0.15, 0.2) is 24.3 Å². The first kappa shape index (κ1) is 16.1. The Balaban J connectivity index is 2.72. The number of nitrogens with zero attached hydrogens (tertiary/aromatic N) is 1. The zero-order valence-electron chi connectivity index (χ0n) is 12.4. The molecule has 108 valence electrons. The Morgan fingerprint density at radius 2 is 1.84 bits per heavy atom. The van der Waals surface area contributed by atoms with Crippen LogP contribution in [-0.2, 0) is 0 Å². The van der Waals surface area contributed by atoms with Crippen molar-refractivity contribution in [1.29, 1.82) is 0 Å². The zero-order valence-corrected chi connectivity index (χ0v) is 12.4. The van der Waals surface area contributed by atoms with E-state index in [1.54, 1.807) is 18.2 Å². The molecule has 0 radical (unpaired) electrons. The highest BCUT2D eigenvalue weighted by molar-refractivity contribution is 5.20. The van der Waals surface area contributed by atoms with Gasteiger partial charge < -0.3 is 10.0 Å². The molecule has 0 bridgehead atoms. The number of aliphatic hydroxyl groups is 1. The third-order valence-corrected chi connectivity index (χ3v) is 3.91. The van der Waals surface area contributed by atoms with Gasteiger partial charge in [0.05, 0.1) is 6.10 Å². The minimum atomic E-state index is -0.751. The van der Waals surface area contributed by atoms with E-state index in [9.17, 15) is 9.50 Å². The summed E-state index contributed by atoms with van der Waals surface area (Å²) in [5, 5.41) is 10.3. The van der Waals surface area contributed by atoms with Gasteiger partial charge in [-0.15, -0.1) is 0 Å². The summed E-state index contributed by atoms with van der Waals surface area (Å²) in [6.07, 6.45) is 0.329. The maximum atomic E-state index is 13.7. The van der Waals surface area contributed by atoms with Crippen LogP contribution >= 0.6 is 0 Å². The number of rotatable bonds is 7. The van der Waals surface area contributed by atoms with Crippen molar-refractivity contribution < 1.29 is 9.50 Å². The molecule has 0 aromatic heterocycles. The molecule has 1 aromatic rings. The standard InChI is InChI=1S/C16H26FNO/c1-5-13(4)18(6-2)11-12(3)16(19)14-9-7-8-10-15(14)17/h7-10,12-13,16,19H,5-6,11H2,1-4H3. The lowest BCUT2D eigenvalue weighted by atomic mass is 9.96. The minimum absolute atomic E-state index is 0.00542. The van der Waals surface area contributed by atoms with E-state index < -0.39 is 6.10 Å².